The van der Waals surface area contributed by atoms with Crippen LogP contribution in [0.25, 0.3) is 0 Å². The van der Waals surface area contributed by atoms with Gasteiger partial charge in [-0.05, 0) is 43.2 Å². The van der Waals surface area contributed by atoms with Gasteiger partial charge >= 0.3 is 12.1 Å². The standard InChI is InChI=1S/C17H18F3NO3/c18-17(19,20)14-4-2-1-3-11(14)12-8-13(12)15(22)21-10-6-5-9(7-10)16(23)24/h1-4,9-10,12-13H,5-8H2,(H,21,22)(H,23,24)/t9-,10+,12?,13?/m1/s1. The normalized spacial score (nSPS) is 29.3. The molecule has 0 aromatic heterocycles. The summed E-state index contributed by atoms with van der Waals surface area (Å²) in [6.07, 6.45) is -2.53. The van der Waals surface area contributed by atoms with Gasteiger partial charge in [-0.2, -0.15) is 13.2 Å². The number of halogens is 3. The van der Waals surface area contributed by atoms with Gasteiger partial charge in [0.2, 0.25) is 5.91 Å². The first-order valence-corrected chi connectivity index (χ1v) is 7.96. The van der Waals surface area contributed by atoms with E-state index in [1.54, 1.807) is 6.07 Å². The number of benzene rings is 1. The van der Waals surface area contributed by atoms with Gasteiger partial charge in [-0.25, -0.2) is 0 Å². The summed E-state index contributed by atoms with van der Waals surface area (Å²) in [6.45, 7) is 0. The molecule has 7 heteroatoms. The number of carboxylic acid groups (broad SMARTS) is 1. The molecular weight excluding hydrogens is 323 g/mol. The Morgan fingerprint density at radius 1 is 1.12 bits per heavy atom. The molecule has 4 atom stereocenters. The van der Waals surface area contributed by atoms with E-state index in [1.807, 2.05) is 0 Å². The number of carbonyl (C=O) groups excluding carboxylic acids is 1. The molecule has 2 aliphatic carbocycles. The molecule has 0 bridgehead atoms. The van der Waals surface area contributed by atoms with Crippen LogP contribution < -0.4 is 5.32 Å². The molecule has 0 heterocycles. The first-order chi connectivity index (χ1) is 11.3. The fourth-order valence-electron chi connectivity index (χ4n) is 3.55. The zero-order valence-electron chi connectivity index (χ0n) is 12.8. The Balaban J connectivity index is 1.62. The van der Waals surface area contributed by atoms with Crippen molar-refractivity contribution in [1.29, 1.82) is 0 Å². The lowest BCUT2D eigenvalue weighted by molar-refractivity contribution is -0.141. The third-order valence-electron chi connectivity index (χ3n) is 4.92. The summed E-state index contributed by atoms with van der Waals surface area (Å²) in [7, 11) is 0. The molecule has 2 fully saturated rings. The fourth-order valence-corrected chi connectivity index (χ4v) is 3.55. The second-order valence-electron chi connectivity index (χ2n) is 6.59. The molecule has 3 rings (SSSR count). The lowest BCUT2D eigenvalue weighted by Crippen LogP contribution is -2.34. The number of nitrogens with one attached hydrogen (secondary N) is 1. The number of alkyl halides is 3. The van der Waals surface area contributed by atoms with Crippen molar-refractivity contribution in [2.45, 2.75) is 43.8 Å². The van der Waals surface area contributed by atoms with Crippen molar-refractivity contribution in [1.82, 2.24) is 5.32 Å². The summed E-state index contributed by atoms with van der Waals surface area (Å²) in [5.41, 5.74) is -0.517. The van der Waals surface area contributed by atoms with Crippen molar-refractivity contribution in [3.05, 3.63) is 35.4 Å². The first kappa shape index (κ1) is 16.8. The molecule has 2 saturated carbocycles. The molecule has 0 saturated heterocycles. The van der Waals surface area contributed by atoms with E-state index in [1.165, 1.54) is 12.1 Å². The highest BCUT2D eigenvalue weighted by Crippen LogP contribution is 2.51. The molecule has 0 radical (unpaired) electrons. The van der Waals surface area contributed by atoms with Crippen molar-refractivity contribution in [3.63, 3.8) is 0 Å². The monoisotopic (exact) mass is 341 g/mol. The molecule has 130 valence electrons. The zero-order valence-corrected chi connectivity index (χ0v) is 12.8. The Hall–Kier alpha value is -2.05. The van der Waals surface area contributed by atoms with Gasteiger partial charge in [-0.15, -0.1) is 0 Å². The van der Waals surface area contributed by atoms with Gasteiger partial charge in [0, 0.05) is 12.0 Å². The third kappa shape index (κ3) is 3.39. The summed E-state index contributed by atoms with van der Waals surface area (Å²) < 4.78 is 39.2. The minimum absolute atomic E-state index is 0.167. The average Bonchev–Trinajstić information content (AvgIpc) is 3.18. The number of hydrogen-bond acceptors (Lipinski definition) is 2. The van der Waals surface area contributed by atoms with Gasteiger partial charge in [0.25, 0.3) is 0 Å². The maximum atomic E-state index is 13.1. The summed E-state index contributed by atoms with van der Waals surface area (Å²) in [6, 6.07) is 5.16. The van der Waals surface area contributed by atoms with Gasteiger partial charge < -0.3 is 10.4 Å². The molecule has 1 aromatic rings. The van der Waals surface area contributed by atoms with Crippen molar-refractivity contribution in [3.8, 4) is 0 Å². The first-order valence-electron chi connectivity index (χ1n) is 7.96. The van der Waals surface area contributed by atoms with Crippen LogP contribution in [0.1, 0.15) is 42.7 Å². The maximum absolute atomic E-state index is 13.1. The van der Waals surface area contributed by atoms with Crippen LogP contribution in [0.3, 0.4) is 0 Å². The smallest absolute Gasteiger partial charge is 0.416 e. The van der Waals surface area contributed by atoms with Gasteiger partial charge in [-0.3, -0.25) is 9.59 Å². The minimum Gasteiger partial charge on any atom is -0.481 e. The van der Waals surface area contributed by atoms with Crippen LogP contribution in [0, 0.1) is 11.8 Å². The highest BCUT2D eigenvalue weighted by molar-refractivity contribution is 5.83. The summed E-state index contributed by atoms with van der Waals surface area (Å²) >= 11 is 0. The van der Waals surface area contributed by atoms with E-state index in [0.29, 0.717) is 25.7 Å². The Morgan fingerprint density at radius 2 is 1.83 bits per heavy atom. The number of aliphatic carboxylic acids is 1. The van der Waals surface area contributed by atoms with Crippen molar-refractivity contribution in [2.75, 3.05) is 0 Å². The molecule has 4 nitrogen and oxygen atoms in total. The fraction of sp³-hybridized carbons (Fsp3) is 0.529. The Labute approximate surface area is 137 Å². The largest absolute Gasteiger partial charge is 0.481 e. The highest BCUT2D eigenvalue weighted by atomic mass is 19.4. The second-order valence-corrected chi connectivity index (χ2v) is 6.59. The van der Waals surface area contributed by atoms with Crippen molar-refractivity contribution in [2.24, 2.45) is 11.8 Å². The Morgan fingerprint density at radius 3 is 2.46 bits per heavy atom. The highest BCUT2D eigenvalue weighted by Gasteiger charge is 2.48. The molecule has 2 N–H and O–H groups in total. The van der Waals surface area contributed by atoms with Crippen LogP contribution in [-0.4, -0.2) is 23.0 Å². The van der Waals surface area contributed by atoms with Crippen LogP contribution in [-0.2, 0) is 15.8 Å². The predicted octanol–water partition coefficient (Wildman–Crippen LogP) is 3.18. The van der Waals surface area contributed by atoms with Gasteiger partial charge in [0.15, 0.2) is 0 Å². The van der Waals surface area contributed by atoms with E-state index < -0.39 is 35.5 Å². The maximum Gasteiger partial charge on any atom is 0.416 e. The van der Waals surface area contributed by atoms with Crippen LogP contribution in [0.15, 0.2) is 24.3 Å². The number of rotatable bonds is 4. The SMILES string of the molecule is O=C(N[C@H]1CC[C@@H](C(=O)O)C1)C1CC1c1ccccc1C(F)(F)F. The topological polar surface area (TPSA) is 66.4 Å². The molecular formula is C17H18F3NO3. The average molecular weight is 341 g/mol. The lowest BCUT2D eigenvalue weighted by Gasteiger charge is -2.14. The van der Waals surface area contributed by atoms with Crippen molar-refractivity contribution >= 4 is 11.9 Å². The van der Waals surface area contributed by atoms with Crippen LogP contribution in [0.2, 0.25) is 0 Å². The third-order valence-corrected chi connectivity index (χ3v) is 4.92. The molecule has 0 aliphatic heterocycles. The summed E-state index contributed by atoms with van der Waals surface area (Å²) in [5.74, 6) is -2.46. The van der Waals surface area contributed by atoms with Gasteiger partial charge in [0.05, 0.1) is 11.5 Å². The Bertz CT molecular complexity index is 659. The van der Waals surface area contributed by atoms with Gasteiger partial charge in [-0.1, -0.05) is 18.2 Å². The van der Waals surface area contributed by atoms with Gasteiger partial charge in [0.1, 0.15) is 0 Å². The number of carbonyl (C=O) groups is 2. The van der Waals surface area contributed by atoms with E-state index in [9.17, 15) is 22.8 Å². The quantitative estimate of drug-likeness (QED) is 0.884. The van der Waals surface area contributed by atoms with E-state index in [-0.39, 0.29) is 17.5 Å². The van der Waals surface area contributed by atoms with Crippen molar-refractivity contribution < 1.29 is 27.9 Å². The molecule has 24 heavy (non-hydrogen) atoms. The molecule has 2 aliphatic rings. The minimum atomic E-state index is -4.43. The summed E-state index contributed by atoms with van der Waals surface area (Å²) in [5, 5.41) is 11.8. The van der Waals surface area contributed by atoms with Crippen LogP contribution in [0.5, 0.6) is 0 Å². The van der Waals surface area contributed by atoms with E-state index in [4.69, 9.17) is 5.11 Å². The summed E-state index contributed by atoms with van der Waals surface area (Å²) in [4.78, 5) is 23.2. The van der Waals surface area contributed by atoms with E-state index >= 15 is 0 Å². The van der Waals surface area contributed by atoms with E-state index in [0.717, 1.165) is 6.07 Å². The van der Waals surface area contributed by atoms with Crippen LogP contribution in [0.4, 0.5) is 13.2 Å². The van der Waals surface area contributed by atoms with Crippen LogP contribution >= 0.6 is 0 Å². The predicted molar refractivity (Wildman–Crippen MR) is 79.2 cm³/mol. The molecule has 2 unspecified atom stereocenters. The number of amides is 1. The molecule has 1 aromatic carbocycles. The number of hydrogen-bond donors (Lipinski definition) is 2. The molecule has 1 amide bonds. The lowest BCUT2D eigenvalue weighted by atomic mass is 10.0. The number of carboxylic acids is 1. The Kier molecular flexibility index (Phi) is 4.27. The molecule has 0 spiro atoms. The van der Waals surface area contributed by atoms with E-state index in [2.05, 4.69) is 5.32 Å². The zero-order chi connectivity index (χ0) is 17.5. The second kappa shape index (κ2) is 6.11.